The van der Waals surface area contributed by atoms with E-state index in [9.17, 15) is 9.18 Å². The number of rotatable bonds is 2. The van der Waals surface area contributed by atoms with Gasteiger partial charge in [-0.1, -0.05) is 0 Å². The molecule has 0 spiro atoms. The monoisotopic (exact) mass is 209 g/mol. The maximum Gasteiger partial charge on any atom is 0.338 e. The summed E-state index contributed by atoms with van der Waals surface area (Å²) in [4.78, 5) is 13.4. The van der Waals surface area contributed by atoms with Crippen LogP contribution in [0.2, 0.25) is 0 Å². The third-order valence-corrected chi connectivity index (χ3v) is 2.20. The summed E-state index contributed by atoms with van der Waals surface area (Å²) in [5.41, 5.74) is 0.146. The number of carboxylic acid groups (broad SMARTS) is 1. The van der Waals surface area contributed by atoms with Gasteiger partial charge in [-0.2, -0.15) is 0 Å². The minimum atomic E-state index is -1.12. The van der Waals surface area contributed by atoms with Crippen LogP contribution in [0.15, 0.2) is 18.3 Å². The molecule has 0 aliphatic carbocycles. The van der Waals surface area contributed by atoms with E-state index in [-0.39, 0.29) is 16.5 Å². The number of methoxy groups -OCH3 is 1. The van der Waals surface area contributed by atoms with Gasteiger partial charge in [-0.15, -0.1) is 0 Å². The molecule has 0 radical (unpaired) electrons. The van der Waals surface area contributed by atoms with Gasteiger partial charge in [-0.3, -0.25) is 0 Å². The minimum absolute atomic E-state index is 0.00125. The number of hydrogen-bond donors (Lipinski definition) is 2. The summed E-state index contributed by atoms with van der Waals surface area (Å²) in [6.07, 6.45) is 1.25. The second kappa shape index (κ2) is 3.27. The number of H-pyrrole nitrogens is 1. The Balaban J connectivity index is 2.86. The van der Waals surface area contributed by atoms with Gasteiger partial charge in [-0.25, -0.2) is 9.18 Å². The molecule has 0 aliphatic rings. The Kier molecular flexibility index (Phi) is 2.07. The van der Waals surface area contributed by atoms with Gasteiger partial charge in [0.05, 0.1) is 23.6 Å². The lowest BCUT2D eigenvalue weighted by molar-refractivity contribution is 0.0699. The predicted octanol–water partition coefficient (Wildman–Crippen LogP) is 2.01. The van der Waals surface area contributed by atoms with E-state index in [1.165, 1.54) is 25.4 Å². The molecule has 0 atom stereocenters. The van der Waals surface area contributed by atoms with E-state index in [2.05, 4.69) is 4.98 Å². The van der Waals surface area contributed by atoms with Gasteiger partial charge in [0, 0.05) is 6.20 Å². The first kappa shape index (κ1) is 9.51. The number of benzene rings is 1. The predicted molar refractivity (Wildman–Crippen MR) is 51.8 cm³/mol. The molecule has 1 aromatic carbocycles. The number of fused-ring (bicyclic) bond motifs is 1. The van der Waals surface area contributed by atoms with E-state index in [4.69, 9.17) is 9.84 Å². The average Bonchev–Trinajstić information content (AvgIpc) is 2.64. The molecule has 0 saturated carbocycles. The summed E-state index contributed by atoms with van der Waals surface area (Å²) in [5, 5.41) is 9.14. The Morgan fingerprint density at radius 1 is 1.53 bits per heavy atom. The van der Waals surface area contributed by atoms with Crippen LogP contribution in [-0.4, -0.2) is 23.2 Å². The van der Waals surface area contributed by atoms with Crippen molar-refractivity contribution in [2.75, 3.05) is 7.11 Å². The number of hydrogen-bond acceptors (Lipinski definition) is 2. The molecule has 2 N–H and O–H groups in total. The zero-order valence-electron chi connectivity index (χ0n) is 7.87. The number of ether oxygens (including phenoxy) is 1. The van der Waals surface area contributed by atoms with E-state index >= 15 is 0 Å². The van der Waals surface area contributed by atoms with E-state index in [1.54, 1.807) is 0 Å². The highest BCUT2D eigenvalue weighted by atomic mass is 19.1. The maximum atomic E-state index is 13.3. The Bertz CT molecular complexity index is 533. The fourth-order valence-electron chi connectivity index (χ4n) is 1.52. The summed E-state index contributed by atoms with van der Waals surface area (Å²) in [5.74, 6) is -1.28. The Labute approximate surface area is 84.3 Å². The molecule has 0 amide bonds. The first-order valence-corrected chi connectivity index (χ1v) is 4.22. The molecule has 0 unspecified atom stereocenters. The van der Waals surface area contributed by atoms with Crippen molar-refractivity contribution in [1.82, 2.24) is 4.98 Å². The van der Waals surface area contributed by atoms with Crippen LogP contribution in [-0.2, 0) is 0 Å². The van der Waals surface area contributed by atoms with Crippen molar-refractivity contribution in [3.8, 4) is 5.75 Å². The third kappa shape index (κ3) is 1.32. The molecule has 0 bridgehead atoms. The molecule has 5 heteroatoms. The van der Waals surface area contributed by atoms with E-state index in [0.717, 1.165) is 0 Å². The van der Waals surface area contributed by atoms with Gasteiger partial charge in [-0.05, 0) is 12.1 Å². The smallest absolute Gasteiger partial charge is 0.338 e. The largest absolute Gasteiger partial charge is 0.496 e. The quantitative estimate of drug-likeness (QED) is 0.795. The summed E-state index contributed by atoms with van der Waals surface area (Å²) < 4.78 is 18.3. The van der Waals surface area contributed by atoms with Crippen LogP contribution in [0, 0.1) is 5.82 Å². The molecular weight excluding hydrogens is 201 g/mol. The number of nitrogens with one attached hydrogen (secondary N) is 1. The Morgan fingerprint density at radius 2 is 2.27 bits per heavy atom. The summed E-state index contributed by atoms with van der Waals surface area (Å²) in [7, 11) is 1.41. The van der Waals surface area contributed by atoms with Crippen LogP contribution in [0.4, 0.5) is 4.39 Å². The van der Waals surface area contributed by atoms with Crippen LogP contribution in [0.3, 0.4) is 0 Å². The minimum Gasteiger partial charge on any atom is -0.496 e. The molecule has 78 valence electrons. The molecular formula is C10H8FNO3. The molecule has 1 heterocycles. The zero-order valence-corrected chi connectivity index (χ0v) is 7.87. The van der Waals surface area contributed by atoms with Gasteiger partial charge in [0.15, 0.2) is 0 Å². The molecule has 0 saturated heterocycles. The number of aromatic carboxylic acids is 1. The van der Waals surface area contributed by atoms with Crippen LogP contribution < -0.4 is 4.74 Å². The van der Waals surface area contributed by atoms with Crippen molar-refractivity contribution < 1.29 is 19.0 Å². The lowest BCUT2D eigenvalue weighted by Gasteiger charge is -2.02. The topological polar surface area (TPSA) is 62.3 Å². The molecule has 1 aromatic heterocycles. The SMILES string of the molecule is COc1ccc(F)c2[nH]cc(C(=O)O)c12. The molecule has 0 aliphatic heterocycles. The summed E-state index contributed by atoms with van der Waals surface area (Å²) in [6.45, 7) is 0. The first-order chi connectivity index (χ1) is 7.15. The highest BCUT2D eigenvalue weighted by molar-refractivity contribution is 6.06. The number of aromatic nitrogens is 1. The Hall–Kier alpha value is -2.04. The van der Waals surface area contributed by atoms with Gasteiger partial charge in [0.2, 0.25) is 0 Å². The van der Waals surface area contributed by atoms with Crippen molar-refractivity contribution in [3.63, 3.8) is 0 Å². The Morgan fingerprint density at radius 3 is 2.87 bits per heavy atom. The molecule has 15 heavy (non-hydrogen) atoms. The number of aromatic amines is 1. The number of halogens is 1. The van der Waals surface area contributed by atoms with Crippen LogP contribution >= 0.6 is 0 Å². The normalized spacial score (nSPS) is 10.5. The van der Waals surface area contributed by atoms with E-state index in [0.29, 0.717) is 5.75 Å². The zero-order chi connectivity index (χ0) is 11.0. The standard InChI is InChI=1S/C10H8FNO3/c1-15-7-3-2-6(11)9-8(7)5(4-12-9)10(13)14/h2-4,12H,1H3,(H,13,14). The van der Waals surface area contributed by atoms with Crippen molar-refractivity contribution in [1.29, 1.82) is 0 Å². The number of carbonyl (C=O) groups is 1. The summed E-state index contributed by atoms with van der Waals surface area (Å²) in [6, 6.07) is 2.63. The van der Waals surface area contributed by atoms with Crippen LogP contribution in [0.25, 0.3) is 10.9 Å². The van der Waals surface area contributed by atoms with Crippen molar-refractivity contribution in [2.24, 2.45) is 0 Å². The fraction of sp³-hybridized carbons (Fsp3) is 0.100. The average molecular weight is 209 g/mol. The lowest BCUT2D eigenvalue weighted by atomic mass is 10.1. The second-order valence-corrected chi connectivity index (χ2v) is 3.01. The van der Waals surface area contributed by atoms with Crippen LogP contribution in [0.1, 0.15) is 10.4 Å². The first-order valence-electron chi connectivity index (χ1n) is 4.22. The highest BCUT2D eigenvalue weighted by Gasteiger charge is 2.17. The van der Waals surface area contributed by atoms with Gasteiger partial charge in [0.1, 0.15) is 11.6 Å². The molecule has 2 aromatic rings. The second-order valence-electron chi connectivity index (χ2n) is 3.01. The number of carboxylic acids is 1. The summed E-state index contributed by atoms with van der Waals surface area (Å²) >= 11 is 0. The van der Waals surface area contributed by atoms with Gasteiger partial charge >= 0.3 is 5.97 Å². The molecule has 2 rings (SSSR count). The van der Waals surface area contributed by atoms with E-state index < -0.39 is 11.8 Å². The third-order valence-electron chi connectivity index (χ3n) is 2.20. The molecule has 4 nitrogen and oxygen atoms in total. The lowest BCUT2D eigenvalue weighted by Crippen LogP contribution is -1.95. The van der Waals surface area contributed by atoms with Gasteiger partial charge < -0.3 is 14.8 Å². The van der Waals surface area contributed by atoms with Crippen molar-refractivity contribution >= 4 is 16.9 Å². The maximum absolute atomic E-state index is 13.3. The fourth-order valence-corrected chi connectivity index (χ4v) is 1.52. The van der Waals surface area contributed by atoms with E-state index in [1.807, 2.05) is 0 Å². The molecule has 0 fully saturated rings. The van der Waals surface area contributed by atoms with Crippen molar-refractivity contribution in [3.05, 3.63) is 29.7 Å². The van der Waals surface area contributed by atoms with Crippen LogP contribution in [0.5, 0.6) is 5.75 Å². The van der Waals surface area contributed by atoms with Gasteiger partial charge in [0.25, 0.3) is 0 Å². The highest BCUT2D eigenvalue weighted by Crippen LogP contribution is 2.30. The van der Waals surface area contributed by atoms with Crippen molar-refractivity contribution in [2.45, 2.75) is 0 Å².